The van der Waals surface area contributed by atoms with Crippen LogP contribution in [-0.2, 0) is 0 Å². The Bertz CT molecular complexity index is 770. The van der Waals surface area contributed by atoms with Crippen molar-refractivity contribution >= 4 is 16.6 Å². The fourth-order valence-corrected chi connectivity index (χ4v) is 2.87. The van der Waals surface area contributed by atoms with E-state index in [-0.39, 0.29) is 5.78 Å². The second kappa shape index (κ2) is 6.20. The number of hydrogen-bond acceptors (Lipinski definition) is 5. The zero-order valence-corrected chi connectivity index (χ0v) is 13.6. The van der Waals surface area contributed by atoms with Crippen molar-refractivity contribution in [3.8, 4) is 11.5 Å². The maximum atomic E-state index is 12.8. The van der Waals surface area contributed by atoms with Gasteiger partial charge in [-0.15, -0.1) is 0 Å². The highest BCUT2D eigenvalue weighted by Crippen LogP contribution is 2.36. The first-order chi connectivity index (χ1) is 11.1. The zero-order valence-electron chi connectivity index (χ0n) is 13.6. The van der Waals surface area contributed by atoms with Crippen LogP contribution in [0.3, 0.4) is 0 Å². The fourth-order valence-electron chi connectivity index (χ4n) is 2.87. The molecule has 0 fully saturated rings. The van der Waals surface area contributed by atoms with Crippen LogP contribution in [0.25, 0.3) is 10.8 Å². The van der Waals surface area contributed by atoms with Gasteiger partial charge in [0.25, 0.3) is 0 Å². The van der Waals surface area contributed by atoms with Gasteiger partial charge in [0, 0.05) is 30.2 Å². The van der Waals surface area contributed by atoms with Crippen molar-refractivity contribution in [3.05, 3.63) is 48.3 Å². The van der Waals surface area contributed by atoms with Gasteiger partial charge >= 0.3 is 0 Å². The van der Waals surface area contributed by atoms with Crippen LogP contribution in [0.5, 0.6) is 11.5 Å². The van der Waals surface area contributed by atoms with E-state index in [4.69, 9.17) is 9.47 Å². The van der Waals surface area contributed by atoms with Crippen LogP contribution < -0.4 is 9.47 Å². The average molecular weight is 312 g/mol. The van der Waals surface area contributed by atoms with E-state index in [1.54, 1.807) is 20.3 Å². The lowest BCUT2D eigenvalue weighted by Gasteiger charge is -2.19. The number of benzene rings is 2. The van der Waals surface area contributed by atoms with Crippen molar-refractivity contribution in [1.29, 1.82) is 0 Å². The largest absolute Gasteiger partial charge is 0.496 e. The molecule has 0 radical (unpaired) electrons. The summed E-state index contributed by atoms with van der Waals surface area (Å²) in [5.41, 5.74) is 0.547. The first-order valence-electron chi connectivity index (χ1n) is 7.43. The van der Waals surface area contributed by atoms with E-state index in [1.807, 2.05) is 53.5 Å². The normalized spacial score (nSPS) is 13.7. The third-order valence-electron chi connectivity index (χ3n) is 3.97. The van der Waals surface area contributed by atoms with Gasteiger partial charge in [0.2, 0.25) is 0 Å². The summed E-state index contributed by atoms with van der Waals surface area (Å²) in [5, 5.41) is 1.82. The summed E-state index contributed by atoms with van der Waals surface area (Å²) in [4.78, 5) is 16.8. The van der Waals surface area contributed by atoms with Gasteiger partial charge in [-0.3, -0.25) is 4.79 Å². The quantitative estimate of drug-likeness (QED) is 0.794. The minimum absolute atomic E-state index is 0.00542. The minimum atomic E-state index is 0.00542. The molecule has 120 valence electrons. The molecule has 0 amide bonds. The van der Waals surface area contributed by atoms with Crippen molar-refractivity contribution in [3.63, 3.8) is 0 Å². The maximum absolute atomic E-state index is 12.8. The summed E-state index contributed by atoms with van der Waals surface area (Å²) < 4.78 is 11.0. The number of methoxy groups -OCH3 is 2. The molecule has 1 heterocycles. The van der Waals surface area contributed by atoms with E-state index in [1.165, 1.54) is 0 Å². The molecule has 1 aliphatic rings. The van der Waals surface area contributed by atoms with Crippen LogP contribution >= 0.6 is 0 Å². The van der Waals surface area contributed by atoms with Gasteiger partial charge in [-0.25, -0.2) is 0 Å². The maximum Gasteiger partial charge on any atom is 0.186 e. The monoisotopic (exact) mass is 312 g/mol. The highest BCUT2D eigenvalue weighted by atomic mass is 16.5. The second-order valence-corrected chi connectivity index (χ2v) is 5.57. The van der Waals surface area contributed by atoms with Crippen LogP contribution in [-0.4, -0.2) is 50.1 Å². The molecule has 0 saturated heterocycles. The molecular formula is C18H20N2O3. The highest BCUT2D eigenvalue weighted by Gasteiger charge is 2.21. The summed E-state index contributed by atoms with van der Waals surface area (Å²) in [7, 11) is 5.18. The summed E-state index contributed by atoms with van der Waals surface area (Å²) in [6, 6.07) is 9.54. The van der Waals surface area contributed by atoms with Crippen LogP contribution in [0.2, 0.25) is 0 Å². The molecule has 0 bridgehead atoms. The molecule has 1 aliphatic heterocycles. The summed E-state index contributed by atoms with van der Waals surface area (Å²) in [6.45, 7) is 1.01. The standard InChI is InChI=1S/C18H20N2O3/c1-19-8-9-20(12-19)11-16(21)15-10-17(22-2)13-6-4-5-7-14(13)18(15)23-3/h4-10H,11-12H2,1-3H3. The predicted molar refractivity (Wildman–Crippen MR) is 89.9 cm³/mol. The van der Waals surface area contributed by atoms with E-state index < -0.39 is 0 Å². The summed E-state index contributed by atoms with van der Waals surface area (Å²) in [6.07, 6.45) is 3.87. The van der Waals surface area contributed by atoms with Crippen molar-refractivity contribution in [2.24, 2.45) is 0 Å². The molecule has 5 heteroatoms. The number of rotatable bonds is 5. The van der Waals surface area contributed by atoms with Gasteiger partial charge < -0.3 is 19.3 Å². The molecule has 2 aromatic rings. The Morgan fingerprint density at radius 2 is 1.87 bits per heavy atom. The molecule has 0 spiro atoms. The molecular weight excluding hydrogens is 292 g/mol. The average Bonchev–Trinajstić information content (AvgIpc) is 2.98. The zero-order chi connectivity index (χ0) is 16.4. The Hall–Kier alpha value is -2.69. The SMILES string of the molecule is COc1cc(C(=O)CN2C=CN(C)C2)c(OC)c2ccccc12. The number of hydrogen-bond donors (Lipinski definition) is 0. The third-order valence-corrected chi connectivity index (χ3v) is 3.97. The van der Waals surface area contributed by atoms with E-state index in [0.29, 0.717) is 30.3 Å². The minimum Gasteiger partial charge on any atom is -0.496 e. The van der Waals surface area contributed by atoms with Gasteiger partial charge in [-0.1, -0.05) is 24.3 Å². The lowest BCUT2D eigenvalue weighted by molar-refractivity contribution is 0.0945. The number of ketones is 1. The Morgan fingerprint density at radius 3 is 2.48 bits per heavy atom. The summed E-state index contributed by atoms with van der Waals surface area (Å²) in [5.74, 6) is 1.28. The number of ether oxygens (including phenoxy) is 2. The molecule has 2 aromatic carbocycles. The molecule has 0 N–H and O–H groups in total. The molecule has 0 unspecified atom stereocenters. The molecule has 0 atom stereocenters. The third kappa shape index (κ3) is 2.82. The van der Waals surface area contributed by atoms with Gasteiger partial charge in [-0.05, 0) is 6.07 Å². The Kier molecular flexibility index (Phi) is 4.10. The smallest absolute Gasteiger partial charge is 0.186 e. The van der Waals surface area contributed by atoms with E-state index in [0.717, 1.165) is 10.8 Å². The van der Waals surface area contributed by atoms with Crippen LogP contribution in [0.15, 0.2) is 42.7 Å². The van der Waals surface area contributed by atoms with Gasteiger partial charge in [0.1, 0.15) is 11.5 Å². The van der Waals surface area contributed by atoms with Crippen LogP contribution in [0.4, 0.5) is 0 Å². The van der Waals surface area contributed by atoms with Gasteiger partial charge in [0.05, 0.1) is 33.0 Å². The molecule has 0 aromatic heterocycles. The Labute approximate surface area is 135 Å². The van der Waals surface area contributed by atoms with E-state index >= 15 is 0 Å². The number of Topliss-reactive ketones (excluding diaryl/α,β-unsaturated/α-hetero) is 1. The lowest BCUT2D eigenvalue weighted by Crippen LogP contribution is -2.28. The molecule has 23 heavy (non-hydrogen) atoms. The van der Waals surface area contributed by atoms with Crippen LogP contribution in [0.1, 0.15) is 10.4 Å². The highest BCUT2D eigenvalue weighted by molar-refractivity contribution is 6.07. The summed E-state index contributed by atoms with van der Waals surface area (Å²) >= 11 is 0. The molecule has 0 aliphatic carbocycles. The second-order valence-electron chi connectivity index (χ2n) is 5.57. The fraction of sp³-hybridized carbons (Fsp3) is 0.278. The molecule has 3 rings (SSSR count). The van der Waals surface area contributed by atoms with Crippen molar-refractivity contribution in [1.82, 2.24) is 9.80 Å². The van der Waals surface area contributed by atoms with Crippen molar-refractivity contribution < 1.29 is 14.3 Å². The number of carbonyl (C=O) groups excluding carboxylic acids is 1. The van der Waals surface area contributed by atoms with E-state index in [9.17, 15) is 4.79 Å². The van der Waals surface area contributed by atoms with Crippen molar-refractivity contribution in [2.75, 3.05) is 34.5 Å². The number of carbonyl (C=O) groups is 1. The van der Waals surface area contributed by atoms with Gasteiger partial charge in [0.15, 0.2) is 5.78 Å². The van der Waals surface area contributed by atoms with Crippen LogP contribution in [0, 0.1) is 0 Å². The Balaban J connectivity index is 2.02. The van der Waals surface area contributed by atoms with Gasteiger partial charge in [-0.2, -0.15) is 0 Å². The lowest BCUT2D eigenvalue weighted by atomic mass is 10.0. The predicted octanol–water partition coefficient (Wildman–Crippen LogP) is 2.72. The van der Waals surface area contributed by atoms with E-state index in [2.05, 4.69) is 0 Å². The molecule has 0 saturated carbocycles. The number of nitrogens with zero attached hydrogens (tertiary/aromatic N) is 2. The first-order valence-corrected chi connectivity index (χ1v) is 7.43. The number of fused-ring (bicyclic) bond motifs is 1. The molecule has 5 nitrogen and oxygen atoms in total. The first kappa shape index (κ1) is 15.2. The topological polar surface area (TPSA) is 42.0 Å². The Morgan fingerprint density at radius 1 is 1.13 bits per heavy atom. The van der Waals surface area contributed by atoms with Crippen molar-refractivity contribution in [2.45, 2.75) is 0 Å².